The first-order valence-corrected chi connectivity index (χ1v) is 8.59. The fourth-order valence-corrected chi connectivity index (χ4v) is 3.05. The third kappa shape index (κ3) is 3.36. The maximum Gasteiger partial charge on any atom is 0.253 e. The molecular formula is C18H20N6O2. The number of nitrogens with one attached hydrogen (secondary N) is 2. The molecule has 0 bridgehead atoms. The molecule has 0 aliphatic carbocycles. The van der Waals surface area contributed by atoms with E-state index in [1.54, 1.807) is 10.9 Å². The van der Waals surface area contributed by atoms with Gasteiger partial charge in [0, 0.05) is 25.9 Å². The van der Waals surface area contributed by atoms with Gasteiger partial charge in [-0.25, -0.2) is 9.97 Å². The molecule has 1 aliphatic heterocycles. The van der Waals surface area contributed by atoms with E-state index in [4.69, 9.17) is 4.74 Å². The van der Waals surface area contributed by atoms with Crippen LogP contribution in [0, 0.1) is 0 Å². The molecule has 1 amide bonds. The first kappa shape index (κ1) is 16.5. The zero-order chi connectivity index (χ0) is 17.9. The van der Waals surface area contributed by atoms with Crippen molar-refractivity contribution in [3.63, 3.8) is 0 Å². The summed E-state index contributed by atoms with van der Waals surface area (Å²) in [5.41, 5.74) is 2.57. The van der Waals surface area contributed by atoms with Gasteiger partial charge in [0.1, 0.15) is 18.2 Å². The number of ether oxygens (including phenoxy) is 1. The van der Waals surface area contributed by atoms with E-state index in [9.17, 15) is 4.79 Å². The van der Waals surface area contributed by atoms with Crippen LogP contribution in [-0.2, 0) is 23.1 Å². The van der Waals surface area contributed by atoms with Crippen molar-refractivity contribution in [3.8, 4) is 0 Å². The Hall–Kier alpha value is -3.00. The van der Waals surface area contributed by atoms with Crippen molar-refractivity contribution >= 4 is 28.4 Å². The van der Waals surface area contributed by atoms with E-state index < -0.39 is 0 Å². The topological polar surface area (TPSA) is 94.0 Å². The van der Waals surface area contributed by atoms with Crippen LogP contribution in [0.1, 0.15) is 18.4 Å². The molecule has 8 nitrogen and oxygen atoms in total. The minimum atomic E-state index is -0.336. The molecule has 1 atom stereocenters. The maximum atomic E-state index is 12.2. The van der Waals surface area contributed by atoms with Crippen LogP contribution >= 0.6 is 0 Å². The number of hydrogen-bond donors (Lipinski definition) is 2. The number of carbonyl (C=O) groups is 1. The number of benzene rings is 1. The molecule has 2 aromatic heterocycles. The third-order valence-corrected chi connectivity index (χ3v) is 4.41. The number of carbonyl (C=O) groups excluding carboxylic acids is 1. The minimum absolute atomic E-state index is 0.0829. The first-order chi connectivity index (χ1) is 12.7. The summed E-state index contributed by atoms with van der Waals surface area (Å²) in [6.07, 6.45) is 4.64. The highest BCUT2D eigenvalue weighted by Crippen LogP contribution is 2.20. The number of fused-ring (bicyclic) bond motifs is 1. The van der Waals surface area contributed by atoms with Crippen molar-refractivity contribution in [2.75, 3.05) is 17.2 Å². The number of rotatable bonds is 5. The smallest absolute Gasteiger partial charge is 0.253 e. The summed E-state index contributed by atoms with van der Waals surface area (Å²) < 4.78 is 7.13. The van der Waals surface area contributed by atoms with Crippen molar-refractivity contribution in [1.29, 1.82) is 0 Å². The van der Waals surface area contributed by atoms with Crippen molar-refractivity contribution < 1.29 is 9.53 Å². The molecule has 4 rings (SSSR count). The Balaban J connectivity index is 1.44. The van der Waals surface area contributed by atoms with Crippen LogP contribution in [0.15, 0.2) is 36.8 Å². The van der Waals surface area contributed by atoms with Gasteiger partial charge in [0.05, 0.1) is 11.6 Å². The van der Waals surface area contributed by atoms with Gasteiger partial charge in [0.15, 0.2) is 5.65 Å². The number of aryl methyl sites for hydroxylation is 1. The summed E-state index contributed by atoms with van der Waals surface area (Å²) in [4.78, 5) is 20.7. The lowest BCUT2D eigenvalue weighted by Crippen LogP contribution is -2.26. The van der Waals surface area contributed by atoms with Crippen LogP contribution in [0.3, 0.4) is 0 Å². The number of amides is 1. The summed E-state index contributed by atoms with van der Waals surface area (Å²) in [6.45, 7) is 1.23. The quantitative estimate of drug-likeness (QED) is 0.730. The second-order valence-corrected chi connectivity index (χ2v) is 6.27. The lowest BCUT2D eigenvalue weighted by Gasteiger charge is -2.12. The maximum absolute atomic E-state index is 12.2. The largest absolute Gasteiger partial charge is 0.368 e. The summed E-state index contributed by atoms with van der Waals surface area (Å²) in [5.74, 6) is 0.650. The van der Waals surface area contributed by atoms with Gasteiger partial charge in [-0.3, -0.25) is 9.48 Å². The Morgan fingerprint density at radius 1 is 1.38 bits per heavy atom. The summed E-state index contributed by atoms with van der Waals surface area (Å²) >= 11 is 0. The molecule has 26 heavy (non-hydrogen) atoms. The molecule has 0 unspecified atom stereocenters. The van der Waals surface area contributed by atoms with E-state index in [1.165, 1.54) is 6.33 Å². The zero-order valence-electron chi connectivity index (χ0n) is 14.5. The van der Waals surface area contributed by atoms with Gasteiger partial charge < -0.3 is 15.4 Å². The monoisotopic (exact) mass is 352 g/mol. The van der Waals surface area contributed by atoms with E-state index in [2.05, 4.69) is 25.7 Å². The van der Waals surface area contributed by atoms with Gasteiger partial charge in [0.25, 0.3) is 5.91 Å². The van der Waals surface area contributed by atoms with Crippen LogP contribution in [0.5, 0.6) is 0 Å². The van der Waals surface area contributed by atoms with Crippen LogP contribution in [0.2, 0.25) is 0 Å². The highest BCUT2D eigenvalue weighted by Gasteiger charge is 2.23. The minimum Gasteiger partial charge on any atom is -0.368 e. The third-order valence-electron chi connectivity index (χ3n) is 4.41. The van der Waals surface area contributed by atoms with Gasteiger partial charge in [-0.05, 0) is 30.5 Å². The lowest BCUT2D eigenvalue weighted by atomic mass is 10.2. The molecule has 1 fully saturated rings. The van der Waals surface area contributed by atoms with Crippen LogP contribution in [-0.4, -0.2) is 38.4 Å². The molecule has 1 saturated heterocycles. The Kier molecular flexibility index (Phi) is 4.49. The van der Waals surface area contributed by atoms with Gasteiger partial charge >= 0.3 is 0 Å². The fraction of sp³-hybridized carbons (Fsp3) is 0.333. The van der Waals surface area contributed by atoms with Crippen LogP contribution < -0.4 is 10.6 Å². The highest BCUT2D eigenvalue weighted by atomic mass is 16.5. The molecule has 8 heteroatoms. The van der Waals surface area contributed by atoms with E-state index >= 15 is 0 Å². The average Bonchev–Trinajstić information content (AvgIpc) is 3.31. The Bertz CT molecular complexity index is 932. The molecule has 0 radical (unpaired) electrons. The standard InChI is InChI=1S/C18H20N6O2/c1-24-17-14(10-22-24)16(20-11-21-17)19-9-12-4-2-5-13(8-12)23-18(25)15-6-3-7-26-15/h2,4-5,8,10-11,15H,3,6-7,9H2,1H3,(H,23,25)(H,19,20,21)/t15-/m0/s1. The summed E-state index contributed by atoms with van der Waals surface area (Å²) in [5, 5.41) is 11.3. The second-order valence-electron chi connectivity index (χ2n) is 6.27. The predicted octanol–water partition coefficient (Wildman–Crippen LogP) is 2.09. The predicted molar refractivity (Wildman–Crippen MR) is 97.7 cm³/mol. The summed E-state index contributed by atoms with van der Waals surface area (Å²) in [6, 6.07) is 7.74. The average molecular weight is 352 g/mol. The van der Waals surface area contributed by atoms with E-state index in [0.717, 1.165) is 40.9 Å². The number of aromatic nitrogens is 4. The molecule has 0 spiro atoms. The van der Waals surface area contributed by atoms with E-state index in [1.807, 2.05) is 31.3 Å². The molecule has 2 N–H and O–H groups in total. The number of anilines is 2. The second kappa shape index (κ2) is 7.09. The van der Waals surface area contributed by atoms with Crippen LogP contribution in [0.25, 0.3) is 11.0 Å². The van der Waals surface area contributed by atoms with Gasteiger partial charge in [-0.2, -0.15) is 5.10 Å². The SMILES string of the molecule is Cn1ncc2c(NCc3cccc(NC(=O)[C@@H]4CCCO4)c3)ncnc21. The van der Waals surface area contributed by atoms with Gasteiger partial charge in [-0.1, -0.05) is 12.1 Å². The Labute approximate surface area is 150 Å². The Morgan fingerprint density at radius 3 is 3.15 bits per heavy atom. The first-order valence-electron chi connectivity index (χ1n) is 8.59. The van der Waals surface area contributed by atoms with E-state index in [-0.39, 0.29) is 12.0 Å². The number of nitrogens with zero attached hydrogens (tertiary/aromatic N) is 4. The fourth-order valence-electron chi connectivity index (χ4n) is 3.05. The molecule has 3 aromatic rings. The highest BCUT2D eigenvalue weighted by molar-refractivity contribution is 5.94. The molecule has 134 valence electrons. The molecule has 3 heterocycles. The normalized spacial score (nSPS) is 16.7. The van der Waals surface area contributed by atoms with Gasteiger partial charge in [0.2, 0.25) is 0 Å². The summed E-state index contributed by atoms with van der Waals surface area (Å²) in [7, 11) is 1.85. The lowest BCUT2D eigenvalue weighted by molar-refractivity contribution is -0.124. The van der Waals surface area contributed by atoms with Crippen LogP contribution in [0.4, 0.5) is 11.5 Å². The van der Waals surface area contributed by atoms with Crippen molar-refractivity contribution in [1.82, 2.24) is 19.7 Å². The molecule has 0 saturated carbocycles. The van der Waals surface area contributed by atoms with Crippen molar-refractivity contribution in [2.45, 2.75) is 25.5 Å². The van der Waals surface area contributed by atoms with Crippen molar-refractivity contribution in [2.24, 2.45) is 7.05 Å². The zero-order valence-corrected chi connectivity index (χ0v) is 14.5. The molecular weight excluding hydrogens is 332 g/mol. The molecule has 1 aromatic carbocycles. The van der Waals surface area contributed by atoms with Crippen molar-refractivity contribution in [3.05, 3.63) is 42.4 Å². The molecule has 1 aliphatic rings. The number of hydrogen-bond acceptors (Lipinski definition) is 6. The van der Waals surface area contributed by atoms with Gasteiger partial charge in [-0.15, -0.1) is 0 Å². The van der Waals surface area contributed by atoms with E-state index in [0.29, 0.717) is 13.2 Å². The Morgan fingerprint density at radius 2 is 2.31 bits per heavy atom.